The normalized spacial score (nSPS) is 10.8. The molecule has 0 amide bonds. The number of hydrogen-bond donors (Lipinski definition) is 0. The van der Waals surface area contributed by atoms with Crippen molar-refractivity contribution < 1.29 is 9.37 Å². The van der Waals surface area contributed by atoms with E-state index >= 15 is 0 Å². The summed E-state index contributed by atoms with van der Waals surface area (Å²) in [5.74, 6) is 1.30. The molecule has 130 valence electrons. The molecule has 0 spiro atoms. The third kappa shape index (κ3) is 3.16. The average Bonchev–Trinajstić information content (AvgIpc) is 3.16. The van der Waals surface area contributed by atoms with Crippen LogP contribution in [0, 0.1) is 0 Å². The van der Waals surface area contributed by atoms with E-state index in [1.807, 2.05) is 54.4 Å². The van der Waals surface area contributed by atoms with E-state index < -0.39 is 0 Å². The number of ether oxygens (including phenoxy) is 1. The van der Waals surface area contributed by atoms with Gasteiger partial charge in [0.2, 0.25) is 5.95 Å². The Balaban J connectivity index is 1.58. The van der Waals surface area contributed by atoms with Crippen LogP contribution in [-0.2, 0) is 6.54 Å². The first-order valence-corrected chi connectivity index (χ1v) is 7.99. The fourth-order valence-corrected chi connectivity index (χ4v) is 2.65. The van der Waals surface area contributed by atoms with Crippen LogP contribution in [0.2, 0.25) is 0 Å². The molecular weight excluding hydrogens is 332 g/mol. The molecule has 0 saturated heterocycles. The molecule has 0 saturated carbocycles. The molecular formula is C18H16N6O2. The van der Waals surface area contributed by atoms with E-state index in [0.29, 0.717) is 12.5 Å². The summed E-state index contributed by atoms with van der Waals surface area (Å²) in [6, 6.07) is 13.5. The number of nitrogens with zero attached hydrogens (tertiary/aromatic N) is 6. The second kappa shape index (κ2) is 6.75. The lowest BCUT2D eigenvalue weighted by molar-refractivity contribution is 0.315. The van der Waals surface area contributed by atoms with Gasteiger partial charge < -0.3 is 9.64 Å². The van der Waals surface area contributed by atoms with Crippen LogP contribution in [0.15, 0.2) is 53.3 Å². The molecule has 2 heterocycles. The highest BCUT2D eigenvalue weighted by atomic mass is 16.6. The predicted octanol–water partition coefficient (Wildman–Crippen LogP) is 2.72. The van der Waals surface area contributed by atoms with Crippen LogP contribution in [0.25, 0.3) is 22.3 Å². The highest BCUT2D eigenvalue weighted by Crippen LogP contribution is 2.23. The number of methoxy groups -OCH3 is 1. The Morgan fingerprint density at radius 3 is 2.85 bits per heavy atom. The van der Waals surface area contributed by atoms with Crippen LogP contribution in [-0.4, -0.2) is 39.7 Å². The molecule has 26 heavy (non-hydrogen) atoms. The Bertz CT molecular complexity index is 1050. The van der Waals surface area contributed by atoms with Crippen LogP contribution in [0.1, 0.15) is 5.56 Å². The van der Waals surface area contributed by atoms with Crippen LogP contribution in [0.5, 0.6) is 5.75 Å². The fraction of sp³-hybridized carbons (Fsp3) is 0.167. The zero-order valence-corrected chi connectivity index (χ0v) is 14.3. The number of benzene rings is 2. The second-order valence-electron chi connectivity index (χ2n) is 5.82. The van der Waals surface area contributed by atoms with Crippen molar-refractivity contribution in [3.63, 3.8) is 0 Å². The average molecular weight is 348 g/mol. The smallest absolute Gasteiger partial charge is 0.245 e. The van der Waals surface area contributed by atoms with E-state index in [1.54, 1.807) is 13.3 Å². The van der Waals surface area contributed by atoms with Crippen molar-refractivity contribution in [1.29, 1.82) is 0 Å². The van der Waals surface area contributed by atoms with Gasteiger partial charge in [0.05, 0.1) is 19.0 Å². The van der Waals surface area contributed by atoms with Crippen LogP contribution in [0.3, 0.4) is 0 Å². The standard InChI is InChI=1S/C18H16N6O2/c1-24(11-12-6-7-15-16(8-12)23-26-22-15)18-20-17(10-19-21-18)13-4-3-5-14(9-13)25-2/h3-10H,11H2,1-2H3. The zero-order valence-electron chi connectivity index (χ0n) is 14.3. The summed E-state index contributed by atoms with van der Waals surface area (Å²) in [7, 11) is 3.55. The van der Waals surface area contributed by atoms with E-state index in [1.165, 1.54) is 0 Å². The zero-order chi connectivity index (χ0) is 17.9. The number of fused-ring (bicyclic) bond motifs is 1. The molecule has 2 aromatic carbocycles. The summed E-state index contributed by atoms with van der Waals surface area (Å²) in [5, 5.41) is 15.9. The van der Waals surface area contributed by atoms with Crippen molar-refractivity contribution in [3.05, 3.63) is 54.2 Å². The molecule has 8 nitrogen and oxygen atoms in total. The largest absolute Gasteiger partial charge is 0.497 e. The van der Waals surface area contributed by atoms with Gasteiger partial charge in [0.25, 0.3) is 0 Å². The molecule has 4 rings (SSSR count). The summed E-state index contributed by atoms with van der Waals surface area (Å²) in [6.45, 7) is 0.603. The van der Waals surface area contributed by atoms with E-state index in [0.717, 1.165) is 33.6 Å². The van der Waals surface area contributed by atoms with E-state index in [4.69, 9.17) is 9.37 Å². The van der Waals surface area contributed by atoms with Gasteiger partial charge in [-0.05, 0) is 40.1 Å². The molecule has 0 N–H and O–H groups in total. The molecule has 4 aromatic rings. The molecule has 0 aliphatic heterocycles. The highest BCUT2D eigenvalue weighted by molar-refractivity contribution is 5.73. The maximum atomic E-state index is 5.27. The summed E-state index contributed by atoms with van der Waals surface area (Å²) in [4.78, 5) is 6.54. The van der Waals surface area contributed by atoms with Gasteiger partial charge in [-0.3, -0.25) is 0 Å². The number of hydrogen-bond acceptors (Lipinski definition) is 8. The van der Waals surface area contributed by atoms with E-state index in [-0.39, 0.29) is 0 Å². The van der Waals surface area contributed by atoms with Crippen molar-refractivity contribution >= 4 is 17.0 Å². The topological polar surface area (TPSA) is 90.1 Å². The van der Waals surface area contributed by atoms with Crippen molar-refractivity contribution in [1.82, 2.24) is 25.5 Å². The first-order valence-electron chi connectivity index (χ1n) is 7.99. The molecule has 0 radical (unpaired) electrons. The molecule has 0 aliphatic carbocycles. The number of anilines is 1. The minimum absolute atomic E-state index is 0.531. The van der Waals surface area contributed by atoms with Gasteiger partial charge in [0.15, 0.2) is 0 Å². The summed E-state index contributed by atoms with van der Waals surface area (Å²) in [6.07, 6.45) is 1.64. The minimum atomic E-state index is 0.531. The maximum absolute atomic E-state index is 5.27. The Morgan fingerprint density at radius 1 is 1.08 bits per heavy atom. The first kappa shape index (κ1) is 15.9. The summed E-state index contributed by atoms with van der Waals surface area (Å²) >= 11 is 0. The van der Waals surface area contributed by atoms with Gasteiger partial charge >= 0.3 is 0 Å². The predicted molar refractivity (Wildman–Crippen MR) is 95.7 cm³/mol. The van der Waals surface area contributed by atoms with Gasteiger partial charge in [0, 0.05) is 19.2 Å². The van der Waals surface area contributed by atoms with Crippen molar-refractivity contribution in [3.8, 4) is 17.0 Å². The Hall–Kier alpha value is -3.55. The van der Waals surface area contributed by atoms with Crippen LogP contribution < -0.4 is 9.64 Å². The van der Waals surface area contributed by atoms with Gasteiger partial charge in [-0.2, -0.15) is 5.10 Å². The SMILES string of the molecule is COc1cccc(-c2cnnc(N(C)Cc3ccc4nonc4c3)n2)c1. The van der Waals surface area contributed by atoms with Gasteiger partial charge in [-0.1, -0.05) is 18.2 Å². The third-order valence-electron chi connectivity index (χ3n) is 3.99. The first-order chi connectivity index (χ1) is 12.7. The molecule has 2 aromatic heterocycles. The number of rotatable bonds is 5. The highest BCUT2D eigenvalue weighted by Gasteiger charge is 2.10. The van der Waals surface area contributed by atoms with Gasteiger partial charge in [-0.25, -0.2) is 9.61 Å². The van der Waals surface area contributed by atoms with Crippen LogP contribution in [0.4, 0.5) is 5.95 Å². The Kier molecular flexibility index (Phi) is 4.14. The lowest BCUT2D eigenvalue weighted by Crippen LogP contribution is -2.19. The lowest BCUT2D eigenvalue weighted by atomic mass is 10.1. The van der Waals surface area contributed by atoms with Crippen molar-refractivity contribution in [2.75, 3.05) is 19.1 Å². The maximum Gasteiger partial charge on any atom is 0.245 e. The van der Waals surface area contributed by atoms with E-state index in [9.17, 15) is 0 Å². The molecule has 0 unspecified atom stereocenters. The monoisotopic (exact) mass is 348 g/mol. The van der Waals surface area contributed by atoms with Crippen molar-refractivity contribution in [2.45, 2.75) is 6.54 Å². The lowest BCUT2D eigenvalue weighted by Gasteiger charge is -2.17. The van der Waals surface area contributed by atoms with Gasteiger partial charge in [-0.15, -0.1) is 5.10 Å². The molecule has 0 aliphatic rings. The Labute approximate surface area is 149 Å². The quantitative estimate of drug-likeness (QED) is 0.544. The fourth-order valence-electron chi connectivity index (χ4n) is 2.65. The van der Waals surface area contributed by atoms with Crippen LogP contribution >= 0.6 is 0 Å². The Morgan fingerprint density at radius 2 is 1.96 bits per heavy atom. The second-order valence-corrected chi connectivity index (χ2v) is 5.82. The number of aromatic nitrogens is 5. The summed E-state index contributed by atoms with van der Waals surface area (Å²) < 4.78 is 10.0. The van der Waals surface area contributed by atoms with Gasteiger partial charge in [0.1, 0.15) is 16.8 Å². The molecule has 0 fully saturated rings. The third-order valence-corrected chi connectivity index (χ3v) is 3.99. The molecule has 8 heteroatoms. The molecule has 0 atom stereocenters. The molecule has 0 bridgehead atoms. The minimum Gasteiger partial charge on any atom is -0.497 e. The van der Waals surface area contributed by atoms with Crippen molar-refractivity contribution in [2.24, 2.45) is 0 Å². The van der Waals surface area contributed by atoms with E-state index in [2.05, 4.69) is 25.5 Å². The summed E-state index contributed by atoms with van der Waals surface area (Å²) in [5.41, 5.74) is 4.15.